The van der Waals surface area contributed by atoms with E-state index in [1.54, 1.807) is 7.11 Å². The second kappa shape index (κ2) is 7.14. The summed E-state index contributed by atoms with van der Waals surface area (Å²) in [5.74, 6) is 1.12. The molecule has 0 aromatic heterocycles. The lowest BCUT2D eigenvalue weighted by Crippen LogP contribution is -2.42. The molecule has 0 unspecified atom stereocenters. The van der Waals surface area contributed by atoms with Gasteiger partial charge in [-0.25, -0.2) is 0 Å². The predicted molar refractivity (Wildman–Crippen MR) is 77.0 cm³/mol. The molecule has 106 valence electrons. The van der Waals surface area contributed by atoms with Crippen molar-refractivity contribution >= 4 is 5.91 Å². The van der Waals surface area contributed by atoms with Crippen molar-refractivity contribution in [3.8, 4) is 5.75 Å². The maximum atomic E-state index is 11.9. The van der Waals surface area contributed by atoms with Crippen LogP contribution in [0.5, 0.6) is 5.75 Å². The minimum absolute atomic E-state index is 0.0587. The van der Waals surface area contributed by atoms with E-state index >= 15 is 0 Å². The molecule has 0 saturated carbocycles. The zero-order valence-electron chi connectivity index (χ0n) is 12.1. The summed E-state index contributed by atoms with van der Waals surface area (Å²) in [5, 5.41) is 2.93. The summed E-state index contributed by atoms with van der Waals surface area (Å²) in [4.78, 5) is 11.9. The molecule has 4 nitrogen and oxygen atoms in total. The molecule has 4 heteroatoms. The normalized spacial score (nSPS) is 14.0. The minimum atomic E-state index is -0.444. The van der Waals surface area contributed by atoms with Crippen LogP contribution < -0.4 is 15.8 Å². The van der Waals surface area contributed by atoms with E-state index < -0.39 is 6.04 Å². The topological polar surface area (TPSA) is 64.3 Å². The molecule has 0 aliphatic rings. The van der Waals surface area contributed by atoms with Gasteiger partial charge in [-0.15, -0.1) is 0 Å². The number of hydrogen-bond acceptors (Lipinski definition) is 3. The van der Waals surface area contributed by atoms with Crippen LogP contribution in [-0.2, 0) is 4.79 Å². The number of nitrogens with two attached hydrogens (primary N) is 1. The van der Waals surface area contributed by atoms with Gasteiger partial charge in [-0.3, -0.25) is 4.79 Å². The van der Waals surface area contributed by atoms with Crippen molar-refractivity contribution in [2.75, 3.05) is 7.11 Å². The maximum absolute atomic E-state index is 11.9. The number of benzene rings is 1. The lowest BCUT2D eigenvalue weighted by molar-refractivity contribution is -0.123. The molecule has 0 aliphatic heterocycles. The van der Waals surface area contributed by atoms with Crippen molar-refractivity contribution in [3.63, 3.8) is 0 Å². The van der Waals surface area contributed by atoms with Crippen LogP contribution in [0.4, 0.5) is 0 Å². The number of carbonyl (C=O) groups is 1. The average molecular weight is 264 g/mol. The Morgan fingerprint density at radius 1 is 1.26 bits per heavy atom. The van der Waals surface area contributed by atoms with E-state index in [1.165, 1.54) is 0 Å². The van der Waals surface area contributed by atoms with Gasteiger partial charge >= 0.3 is 0 Å². The molecule has 0 saturated heterocycles. The van der Waals surface area contributed by atoms with E-state index in [-0.39, 0.29) is 11.9 Å². The first-order valence-corrected chi connectivity index (χ1v) is 6.64. The highest BCUT2D eigenvalue weighted by atomic mass is 16.5. The molecule has 1 aromatic carbocycles. The van der Waals surface area contributed by atoms with Gasteiger partial charge in [0.2, 0.25) is 5.91 Å². The molecule has 0 radical (unpaired) electrons. The fourth-order valence-electron chi connectivity index (χ4n) is 1.91. The Morgan fingerprint density at radius 3 is 2.32 bits per heavy atom. The molecular formula is C15H24N2O2. The minimum Gasteiger partial charge on any atom is -0.497 e. The van der Waals surface area contributed by atoms with Crippen molar-refractivity contribution in [1.82, 2.24) is 5.32 Å². The standard InChI is InChI=1S/C15H24N2O2/c1-10(2)9-14(16)15(18)17-11(3)12-5-7-13(19-4)8-6-12/h5-8,10-11,14H,9,16H2,1-4H3,(H,17,18)/t11-,14-/m0/s1. The van der Waals surface area contributed by atoms with E-state index in [0.29, 0.717) is 12.3 Å². The molecule has 0 aliphatic carbocycles. The van der Waals surface area contributed by atoms with Gasteiger partial charge in [0.1, 0.15) is 5.75 Å². The molecule has 0 spiro atoms. The number of rotatable bonds is 6. The number of carbonyl (C=O) groups excluding carboxylic acids is 1. The quantitative estimate of drug-likeness (QED) is 0.828. The van der Waals surface area contributed by atoms with Crippen LogP contribution in [-0.4, -0.2) is 19.1 Å². The summed E-state index contributed by atoms with van der Waals surface area (Å²) in [5.41, 5.74) is 6.89. The lowest BCUT2D eigenvalue weighted by atomic mass is 10.0. The highest BCUT2D eigenvalue weighted by molar-refractivity contribution is 5.81. The summed E-state index contributed by atoms with van der Waals surface area (Å²) in [6.45, 7) is 6.06. The van der Waals surface area contributed by atoms with Crippen molar-refractivity contribution in [3.05, 3.63) is 29.8 Å². The molecule has 19 heavy (non-hydrogen) atoms. The van der Waals surface area contributed by atoms with Gasteiger partial charge in [0.25, 0.3) is 0 Å². The van der Waals surface area contributed by atoms with Gasteiger partial charge < -0.3 is 15.8 Å². The fraction of sp³-hybridized carbons (Fsp3) is 0.533. The van der Waals surface area contributed by atoms with Crippen LogP contribution in [0.2, 0.25) is 0 Å². The first kappa shape index (κ1) is 15.5. The number of amides is 1. The number of ether oxygens (including phenoxy) is 1. The third-order valence-electron chi connectivity index (χ3n) is 3.04. The maximum Gasteiger partial charge on any atom is 0.237 e. The van der Waals surface area contributed by atoms with Gasteiger partial charge in [-0.1, -0.05) is 26.0 Å². The molecule has 1 rings (SSSR count). The molecule has 3 N–H and O–H groups in total. The summed E-state index contributed by atoms with van der Waals surface area (Å²) >= 11 is 0. The largest absolute Gasteiger partial charge is 0.497 e. The van der Waals surface area contributed by atoms with E-state index in [1.807, 2.05) is 31.2 Å². The summed E-state index contributed by atoms with van der Waals surface area (Å²) in [7, 11) is 1.63. The molecule has 0 bridgehead atoms. The second-order valence-corrected chi connectivity index (χ2v) is 5.24. The SMILES string of the molecule is COc1ccc([C@H](C)NC(=O)[C@@H](N)CC(C)C)cc1. The first-order chi connectivity index (χ1) is 8.93. The van der Waals surface area contributed by atoms with Crippen LogP contribution >= 0.6 is 0 Å². The zero-order chi connectivity index (χ0) is 14.4. The summed E-state index contributed by atoms with van der Waals surface area (Å²) in [6, 6.07) is 7.14. The Balaban J connectivity index is 2.57. The fourth-order valence-corrected chi connectivity index (χ4v) is 1.91. The van der Waals surface area contributed by atoms with Crippen molar-refractivity contribution in [2.45, 2.75) is 39.3 Å². The van der Waals surface area contributed by atoms with Crippen molar-refractivity contribution in [1.29, 1.82) is 0 Å². The second-order valence-electron chi connectivity index (χ2n) is 5.24. The highest BCUT2D eigenvalue weighted by Crippen LogP contribution is 2.17. The monoisotopic (exact) mass is 264 g/mol. The molecule has 1 amide bonds. The third kappa shape index (κ3) is 4.91. The summed E-state index contributed by atoms with van der Waals surface area (Å²) in [6.07, 6.45) is 0.696. The Bertz CT molecular complexity index is 401. The lowest BCUT2D eigenvalue weighted by Gasteiger charge is -2.19. The molecule has 0 fully saturated rings. The third-order valence-corrected chi connectivity index (χ3v) is 3.04. The Hall–Kier alpha value is -1.55. The van der Waals surface area contributed by atoms with E-state index in [4.69, 9.17) is 10.5 Å². The average Bonchev–Trinajstić information content (AvgIpc) is 2.37. The number of methoxy groups -OCH3 is 1. The zero-order valence-corrected chi connectivity index (χ0v) is 12.1. The first-order valence-electron chi connectivity index (χ1n) is 6.64. The number of nitrogens with one attached hydrogen (secondary N) is 1. The van der Waals surface area contributed by atoms with Crippen LogP contribution in [0, 0.1) is 5.92 Å². The summed E-state index contributed by atoms with van der Waals surface area (Å²) < 4.78 is 5.10. The van der Waals surface area contributed by atoms with Gasteiger partial charge in [-0.2, -0.15) is 0 Å². The molecule has 1 aromatic rings. The van der Waals surface area contributed by atoms with Crippen LogP contribution in [0.15, 0.2) is 24.3 Å². The number of hydrogen-bond donors (Lipinski definition) is 2. The Morgan fingerprint density at radius 2 is 1.84 bits per heavy atom. The van der Waals surface area contributed by atoms with Crippen molar-refractivity contribution in [2.24, 2.45) is 11.7 Å². The molecular weight excluding hydrogens is 240 g/mol. The van der Waals surface area contributed by atoms with Crippen LogP contribution in [0.3, 0.4) is 0 Å². The van der Waals surface area contributed by atoms with E-state index in [2.05, 4.69) is 19.2 Å². The molecule has 0 heterocycles. The van der Waals surface area contributed by atoms with Crippen molar-refractivity contribution < 1.29 is 9.53 Å². The molecule has 2 atom stereocenters. The predicted octanol–water partition coefficient (Wildman–Crippen LogP) is 2.25. The highest BCUT2D eigenvalue weighted by Gasteiger charge is 2.17. The van der Waals surface area contributed by atoms with Crippen LogP contribution in [0.1, 0.15) is 38.8 Å². The van der Waals surface area contributed by atoms with Gasteiger partial charge in [0.15, 0.2) is 0 Å². The van der Waals surface area contributed by atoms with Gasteiger partial charge in [0.05, 0.1) is 19.2 Å². The van der Waals surface area contributed by atoms with Gasteiger partial charge in [0, 0.05) is 0 Å². The smallest absolute Gasteiger partial charge is 0.237 e. The van der Waals surface area contributed by atoms with Crippen LogP contribution in [0.25, 0.3) is 0 Å². The Kier molecular flexibility index (Phi) is 5.83. The van der Waals surface area contributed by atoms with E-state index in [0.717, 1.165) is 11.3 Å². The van der Waals surface area contributed by atoms with Gasteiger partial charge in [-0.05, 0) is 37.0 Å². The Labute approximate surface area is 115 Å². The van der Waals surface area contributed by atoms with E-state index in [9.17, 15) is 4.79 Å².